The van der Waals surface area contributed by atoms with Crippen LogP contribution in [-0.2, 0) is 0 Å². The van der Waals surface area contributed by atoms with Gasteiger partial charge < -0.3 is 5.11 Å². The Morgan fingerprint density at radius 1 is 1.64 bits per heavy atom. The van der Waals surface area contributed by atoms with Gasteiger partial charge in [0.25, 0.3) is 0 Å². The van der Waals surface area contributed by atoms with Crippen LogP contribution in [0.2, 0.25) is 0 Å². The first-order valence-electron chi connectivity index (χ1n) is 4.26. The van der Waals surface area contributed by atoms with E-state index in [-0.39, 0.29) is 6.10 Å². The summed E-state index contributed by atoms with van der Waals surface area (Å²) >= 11 is 3.27. The molecule has 0 amide bonds. The summed E-state index contributed by atoms with van der Waals surface area (Å²) in [5, 5.41) is 10.0. The molecule has 11 heavy (non-hydrogen) atoms. The van der Waals surface area contributed by atoms with Gasteiger partial charge in [0.15, 0.2) is 0 Å². The molecule has 0 heterocycles. The lowest BCUT2D eigenvalue weighted by Gasteiger charge is -2.21. The number of rotatable bonds is 5. The van der Waals surface area contributed by atoms with Crippen LogP contribution in [0.15, 0.2) is 0 Å². The fourth-order valence-electron chi connectivity index (χ4n) is 1.30. The lowest BCUT2D eigenvalue weighted by molar-refractivity contribution is 0.130. The fourth-order valence-corrected chi connectivity index (χ4v) is 1.50. The number of hydrogen-bond donors (Lipinski definition) is 1. The minimum absolute atomic E-state index is 0.199. The maximum atomic E-state index is 9.35. The van der Waals surface area contributed by atoms with E-state index in [1.165, 1.54) is 12.8 Å². The molecular formula is C8H16BrNO. The van der Waals surface area contributed by atoms with Crippen molar-refractivity contribution in [2.24, 2.45) is 0 Å². The van der Waals surface area contributed by atoms with Crippen molar-refractivity contribution in [3.05, 3.63) is 0 Å². The zero-order valence-corrected chi connectivity index (χ0v) is 8.55. The van der Waals surface area contributed by atoms with E-state index in [2.05, 4.69) is 27.8 Å². The summed E-state index contributed by atoms with van der Waals surface area (Å²) in [5.41, 5.74) is 0. The molecular weight excluding hydrogens is 206 g/mol. The average molecular weight is 222 g/mol. The van der Waals surface area contributed by atoms with Crippen LogP contribution < -0.4 is 0 Å². The molecule has 1 unspecified atom stereocenters. The van der Waals surface area contributed by atoms with Crippen LogP contribution in [0.3, 0.4) is 0 Å². The van der Waals surface area contributed by atoms with Crippen LogP contribution in [0.4, 0.5) is 0 Å². The predicted molar refractivity (Wildman–Crippen MR) is 50.1 cm³/mol. The van der Waals surface area contributed by atoms with Gasteiger partial charge >= 0.3 is 0 Å². The van der Waals surface area contributed by atoms with E-state index in [0.717, 1.165) is 19.1 Å². The summed E-state index contributed by atoms with van der Waals surface area (Å²) in [4.78, 5) is 2.35. The largest absolute Gasteiger partial charge is 0.391 e. The molecule has 1 N–H and O–H groups in total. The molecule has 1 fully saturated rings. The topological polar surface area (TPSA) is 23.5 Å². The van der Waals surface area contributed by atoms with Crippen molar-refractivity contribution >= 4 is 15.9 Å². The molecule has 1 aliphatic carbocycles. The zero-order valence-electron chi connectivity index (χ0n) is 6.96. The number of nitrogens with zero attached hydrogens (tertiary/aromatic N) is 1. The Kier molecular flexibility index (Phi) is 3.82. The first-order valence-corrected chi connectivity index (χ1v) is 5.38. The molecule has 0 aliphatic heterocycles. The minimum atomic E-state index is -0.199. The maximum absolute atomic E-state index is 9.35. The SMILES string of the molecule is CCN(CC(O)CBr)C1CC1. The van der Waals surface area contributed by atoms with Crippen LogP contribution in [-0.4, -0.2) is 40.6 Å². The van der Waals surface area contributed by atoms with Gasteiger partial charge in [-0.1, -0.05) is 22.9 Å². The van der Waals surface area contributed by atoms with Gasteiger partial charge in [-0.15, -0.1) is 0 Å². The monoisotopic (exact) mass is 221 g/mol. The summed E-state index contributed by atoms with van der Waals surface area (Å²) in [6.45, 7) is 4.04. The highest BCUT2D eigenvalue weighted by Crippen LogP contribution is 2.26. The highest BCUT2D eigenvalue weighted by atomic mass is 79.9. The molecule has 1 saturated carbocycles. The van der Waals surface area contributed by atoms with E-state index < -0.39 is 0 Å². The summed E-state index contributed by atoms with van der Waals surface area (Å²) in [6, 6.07) is 0.772. The minimum Gasteiger partial charge on any atom is -0.391 e. The Morgan fingerprint density at radius 3 is 2.64 bits per heavy atom. The molecule has 0 aromatic rings. The van der Waals surface area contributed by atoms with Gasteiger partial charge in [0, 0.05) is 17.9 Å². The molecule has 1 rings (SSSR count). The van der Waals surface area contributed by atoms with Crippen LogP contribution in [0, 0.1) is 0 Å². The Hall–Kier alpha value is 0.400. The third-order valence-corrected chi connectivity index (χ3v) is 2.84. The summed E-state index contributed by atoms with van der Waals surface area (Å²) < 4.78 is 0. The number of halogens is 1. The third kappa shape index (κ3) is 3.09. The average Bonchev–Trinajstić information content (AvgIpc) is 2.82. The standard InChI is InChI=1S/C8H16BrNO/c1-2-10(7-3-4-7)6-8(11)5-9/h7-8,11H,2-6H2,1H3. The summed E-state index contributed by atoms with van der Waals surface area (Å²) in [7, 11) is 0. The smallest absolute Gasteiger partial charge is 0.0763 e. The van der Waals surface area contributed by atoms with Gasteiger partial charge in [0.1, 0.15) is 0 Å². The fraction of sp³-hybridized carbons (Fsp3) is 1.00. The number of aliphatic hydroxyl groups excluding tert-OH is 1. The van der Waals surface area contributed by atoms with Gasteiger partial charge in [0.05, 0.1) is 6.10 Å². The quantitative estimate of drug-likeness (QED) is 0.707. The Morgan fingerprint density at radius 2 is 2.27 bits per heavy atom. The van der Waals surface area contributed by atoms with Gasteiger partial charge in [-0.2, -0.15) is 0 Å². The molecule has 1 aliphatic rings. The predicted octanol–water partition coefficient (Wildman–Crippen LogP) is 1.23. The van der Waals surface area contributed by atoms with Crippen LogP contribution in [0.1, 0.15) is 19.8 Å². The zero-order chi connectivity index (χ0) is 8.27. The van der Waals surface area contributed by atoms with Crippen molar-refractivity contribution < 1.29 is 5.11 Å². The first-order chi connectivity index (χ1) is 5.27. The first kappa shape index (κ1) is 9.49. The highest BCUT2D eigenvalue weighted by molar-refractivity contribution is 9.09. The third-order valence-electron chi connectivity index (χ3n) is 2.09. The van der Waals surface area contributed by atoms with Crippen LogP contribution >= 0.6 is 15.9 Å². The van der Waals surface area contributed by atoms with Crippen molar-refractivity contribution in [2.75, 3.05) is 18.4 Å². The number of alkyl halides is 1. The van der Waals surface area contributed by atoms with Gasteiger partial charge in [-0.25, -0.2) is 0 Å². The maximum Gasteiger partial charge on any atom is 0.0763 e. The second kappa shape index (κ2) is 4.43. The molecule has 66 valence electrons. The molecule has 0 radical (unpaired) electrons. The van der Waals surface area contributed by atoms with Crippen molar-refractivity contribution in [1.29, 1.82) is 0 Å². The second-order valence-corrected chi connectivity index (χ2v) is 3.77. The van der Waals surface area contributed by atoms with E-state index in [1.54, 1.807) is 0 Å². The van der Waals surface area contributed by atoms with E-state index in [9.17, 15) is 5.11 Å². The highest BCUT2D eigenvalue weighted by Gasteiger charge is 2.28. The Balaban J connectivity index is 2.19. The van der Waals surface area contributed by atoms with E-state index in [0.29, 0.717) is 5.33 Å². The molecule has 0 aromatic heterocycles. The normalized spacial score (nSPS) is 20.7. The molecule has 3 heteroatoms. The molecule has 0 saturated heterocycles. The van der Waals surface area contributed by atoms with Crippen LogP contribution in [0.5, 0.6) is 0 Å². The lowest BCUT2D eigenvalue weighted by atomic mass is 10.3. The number of likely N-dealkylation sites (N-methyl/N-ethyl adjacent to an activating group) is 1. The summed E-state index contributed by atoms with van der Waals surface area (Å²) in [5.74, 6) is 0. The van der Waals surface area contributed by atoms with Gasteiger partial charge in [-0.3, -0.25) is 4.90 Å². The van der Waals surface area contributed by atoms with Crippen molar-refractivity contribution in [2.45, 2.75) is 31.9 Å². The summed E-state index contributed by atoms with van der Waals surface area (Å²) in [6.07, 6.45) is 2.45. The van der Waals surface area contributed by atoms with E-state index in [4.69, 9.17) is 0 Å². The van der Waals surface area contributed by atoms with Crippen molar-refractivity contribution in [3.63, 3.8) is 0 Å². The van der Waals surface area contributed by atoms with Crippen LogP contribution in [0.25, 0.3) is 0 Å². The number of hydrogen-bond acceptors (Lipinski definition) is 2. The molecule has 0 bridgehead atoms. The van der Waals surface area contributed by atoms with Crippen molar-refractivity contribution in [1.82, 2.24) is 4.90 Å². The molecule has 0 aromatic carbocycles. The van der Waals surface area contributed by atoms with Crippen molar-refractivity contribution in [3.8, 4) is 0 Å². The molecule has 0 spiro atoms. The van der Waals surface area contributed by atoms with Gasteiger partial charge in [0.2, 0.25) is 0 Å². The Labute approximate surface area is 76.7 Å². The Bertz CT molecular complexity index is 117. The van der Waals surface area contributed by atoms with Gasteiger partial charge in [-0.05, 0) is 19.4 Å². The lowest BCUT2D eigenvalue weighted by Crippen LogP contribution is -2.34. The molecule has 2 nitrogen and oxygen atoms in total. The van der Waals surface area contributed by atoms with E-state index in [1.807, 2.05) is 0 Å². The number of aliphatic hydroxyl groups is 1. The second-order valence-electron chi connectivity index (χ2n) is 3.13. The van der Waals surface area contributed by atoms with E-state index >= 15 is 0 Å². The molecule has 1 atom stereocenters.